The molecule has 0 radical (unpaired) electrons. The van der Waals surface area contributed by atoms with Gasteiger partial charge in [0.25, 0.3) is 0 Å². The number of benzene rings is 1. The molecule has 88 valence electrons. The fraction of sp³-hybridized carbons (Fsp3) is 0.462. The number of thioether (sulfide) groups is 1. The summed E-state index contributed by atoms with van der Waals surface area (Å²) in [5, 5.41) is 0. The summed E-state index contributed by atoms with van der Waals surface area (Å²) >= 11 is 1.53. The van der Waals surface area contributed by atoms with Crippen LogP contribution in [0.1, 0.15) is 26.3 Å². The van der Waals surface area contributed by atoms with Crippen LogP contribution in [0.5, 0.6) is 0 Å². The van der Waals surface area contributed by atoms with E-state index in [1.807, 2.05) is 52.0 Å². The van der Waals surface area contributed by atoms with Crippen LogP contribution in [-0.4, -0.2) is 11.9 Å². The van der Waals surface area contributed by atoms with Gasteiger partial charge in [0, 0.05) is 4.90 Å². The Hall–Kier alpha value is -0.960. The maximum absolute atomic E-state index is 11.5. The third kappa shape index (κ3) is 4.27. The number of carbonyl (C=O) groups is 1. The Morgan fingerprint density at radius 2 is 1.81 bits per heavy atom. The van der Waals surface area contributed by atoms with Crippen LogP contribution < -0.4 is 0 Å². The molecule has 0 aromatic heterocycles. The van der Waals surface area contributed by atoms with E-state index in [0.29, 0.717) is 5.94 Å². The summed E-state index contributed by atoms with van der Waals surface area (Å²) in [6, 6.07) is 8.16. The van der Waals surface area contributed by atoms with Crippen molar-refractivity contribution in [1.82, 2.24) is 0 Å². The Labute approximate surface area is 101 Å². The van der Waals surface area contributed by atoms with E-state index in [0.717, 1.165) is 4.90 Å². The molecule has 0 saturated heterocycles. The molecular formula is C13H18O2S. The van der Waals surface area contributed by atoms with Gasteiger partial charge in [0.15, 0.2) is 0 Å². The highest BCUT2D eigenvalue weighted by Crippen LogP contribution is 2.21. The minimum absolute atomic E-state index is 0.160. The van der Waals surface area contributed by atoms with Crippen LogP contribution in [0.3, 0.4) is 0 Å². The number of esters is 1. The molecule has 0 aliphatic heterocycles. The Balaban J connectivity index is 2.36. The number of hydrogen-bond acceptors (Lipinski definition) is 3. The largest absolute Gasteiger partial charge is 0.454 e. The van der Waals surface area contributed by atoms with Crippen LogP contribution >= 0.6 is 11.8 Å². The summed E-state index contributed by atoms with van der Waals surface area (Å²) in [5.41, 5.74) is 0.810. The third-order valence-electron chi connectivity index (χ3n) is 2.05. The van der Waals surface area contributed by atoms with Crippen molar-refractivity contribution in [3.63, 3.8) is 0 Å². The maximum Gasteiger partial charge on any atom is 0.312 e. The minimum Gasteiger partial charge on any atom is -0.454 e. The average molecular weight is 238 g/mol. The molecule has 2 nitrogen and oxygen atoms in total. The first-order valence-electron chi connectivity index (χ1n) is 5.26. The van der Waals surface area contributed by atoms with Crippen molar-refractivity contribution in [2.45, 2.75) is 32.6 Å². The van der Waals surface area contributed by atoms with Crippen molar-refractivity contribution in [3.05, 3.63) is 29.8 Å². The smallest absolute Gasteiger partial charge is 0.312 e. The van der Waals surface area contributed by atoms with Gasteiger partial charge in [-0.15, -0.1) is 0 Å². The zero-order valence-corrected chi connectivity index (χ0v) is 11.1. The predicted octanol–water partition coefficient (Wildman–Crippen LogP) is 3.63. The van der Waals surface area contributed by atoms with E-state index in [9.17, 15) is 4.79 Å². The molecule has 1 aromatic rings. The minimum atomic E-state index is -0.423. The zero-order valence-electron chi connectivity index (χ0n) is 10.2. The summed E-state index contributed by atoms with van der Waals surface area (Å²) in [7, 11) is 0. The quantitative estimate of drug-likeness (QED) is 0.457. The van der Waals surface area contributed by atoms with Crippen molar-refractivity contribution in [2.24, 2.45) is 5.41 Å². The number of hydrogen-bond donors (Lipinski definition) is 0. The topological polar surface area (TPSA) is 26.3 Å². The zero-order chi connectivity index (χ0) is 12.2. The van der Waals surface area contributed by atoms with Gasteiger partial charge in [-0.1, -0.05) is 29.5 Å². The molecule has 0 aliphatic carbocycles. The SMILES string of the molecule is Cc1ccc(SCOC(=O)C(C)(C)C)cc1. The van der Waals surface area contributed by atoms with Gasteiger partial charge >= 0.3 is 5.97 Å². The molecule has 0 unspecified atom stereocenters. The van der Waals surface area contributed by atoms with E-state index in [1.165, 1.54) is 17.3 Å². The average Bonchev–Trinajstić information content (AvgIpc) is 2.19. The summed E-state index contributed by atoms with van der Waals surface area (Å²) in [5.74, 6) is 0.214. The van der Waals surface area contributed by atoms with Gasteiger partial charge in [0.05, 0.1) is 5.41 Å². The number of rotatable bonds is 3. The molecule has 16 heavy (non-hydrogen) atoms. The van der Waals surface area contributed by atoms with Crippen molar-refractivity contribution in [1.29, 1.82) is 0 Å². The second-order valence-corrected chi connectivity index (χ2v) is 5.75. The van der Waals surface area contributed by atoms with Crippen LogP contribution in [0.25, 0.3) is 0 Å². The first kappa shape index (κ1) is 13.1. The van der Waals surface area contributed by atoms with Crippen LogP contribution in [0.15, 0.2) is 29.2 Å². The molecule has 0 fully saturated rings. The van der Waals surface area contributed by atoms with Crippen LogP contribution in [0.2, 0.25) is 0 Å². The van der Waals surface area contributed by atoms with Gasteiger partial charge in [-0.25, -0.2) is 0 Å². The maximum atomic E-state index is 11.5. The molecule has 0 N–H and O–H groups in total. The highest BCUT2D eigenvalue weighted by atomic mass is 32.2. The Bertz CT molecular complexity index is 349. The lowest BCUT2D eigenvalue weighted by Gasteiger charge is -2.16. The summed E-state index contributed by atoms with van der Waals surface area (Å²) < 4.78 is 5.16. The second-order valence-electron chi connectivity index (χ2n) is 4.76. The second kappa shape index (κ2) is 5.39. The number of aryl methyl sites for hydroxylation is 1. The standard InChI is InChI=1S/C13H18O2S/c1-10-5-7-11(8-6-10)16-9-15-12(14)13(2,3)4/h5-8H,9H2,1-4H3. The number of carbonyl (C=O) groups excluding carboxylic acids is 1. The first-order chi connectivity index (χ1) is 7.39. The fourth-order valence-corrected chi connectivity index (χ4v) is 1.63. The van der Waals surface area contributed by atoms with E-state index >= 15 is 0 Å². The van der Waals surface area contributed by atoms with Crippen molar-refractivity contribution >= 4 is 17.7 Å². The van der Waals surface area contributed by atoms with Crippen LogP contribution in [0, 0.1) is 12.3 Å². The van der Waals surface area contributed by atoms with Crippen molar-refractivity contribution in [2.75, 3.05) is 5.94 Å². The molecule has 0 atom stereocenters. The highest BCUT2D eigenvalue weighted by molar-refractivity contribution is 7.99. The molecule has 0 saturated carbocycles. The van der Waals surface area contributed by atoms with Crippen LogP contribution in [-0.2, 0) is 9.53 Å². The van der Waals surface area contributed by atoms with Crippen molar-refractivity contribution < 1.29 is 9.53 Å². The lowest BCUT2D eigenvalue weighted by Crippen LogP contribution is -2.22. The third-order valence-corrected chi connectivity index (χ3v) is 2.89. The van der Waals surface area contributed by atoms with Gasteiger partial charge < -0.3 is 4.74 Å². The van der Waals surface area contributed by atoms with Gasteiger partial charge in [-0.3, -0.25) is 4.79 Å². The number of ether oxygens (including phenoxy) is 1. The van der Waals surface area contributed by atoms with Gasteiger partial charge in [-0.05, 0) is 39.8 Å². The lowest BCUT2D eigenvalue weighted by atomic mass is 9.98. The van der Waals surface area contributed by atoms with E-state index in [-0.39, 0.29) is 5.97 Å². The monoisotopic (exact) mass is 238 g/mol. The molecule has 0 amide bonds. The Morgan fingerprint density at radius 3 is 2.31 bits per heavy atom. The Morgan fingerprint density at radius 1 is 1.25 bits per heavy atom. The van der Waals surface area contributed by atoms with E-state index in [2.05, 4.69) is 0 Å². The molecule has 1 aromatic carbocycles. The Kier molecular flexibility index (Phi) is 4.42. The van der Waals surface area contributed by atoms with Gasteiger partial charge in [0.2, 0.25) is 0 Å². The molecule has 0 bridgehead atoms. The molecule has 3 heteroatoms. The highest BCUT2D eigenvalue weighted by Gasteiger charge is 2.22. The lowest BCUT2D eigenvalue weighted by molar-refractivity contribution is -0.150. The summed E-state index contributed by atoms with van der Waals surface area (Å²) in [6.07, 6.45) is 0. The van der Waals surface area contributed by atoms with Crippen molar-refractivity contribution in [3.8, 4) is 0 Å². The summed E-state index contributed by atoms with van der Waals surface area (Å²) in [4.78, 5) is 12.6. The van der Waals surface area contributed by atoms with Gasteiger partial charge in [-0.2, -0.15) is 0 Å². The first-order valence-corrected chi connectivity index (χ1v) is 6.25. The van der Waals surface area contributed by atoms with Gasteiger partial charge in [0.1, 0.15) is 5.94 Å². The molecule has 1 rings (SSSR count). The molecule has 0 spiro atoms. The van der Waals surface area contributed by atoms with E-state index in [4.69, 9.17) is 4.74 Å². The van der Waals surface area contributed by atoms with E-state index < -0.39 is 5.41 Å². The predicted molar refractivity (Wildman–Crippen MR) is 67.5 cm³/mol. The summed E-state index contributed by atoms with van der Waals surface area (Å²) in [6.45, 7) is 7.61. The fourth-order valence-electron chi connectivity index (χ4n) is 1.00. The molecule has 0 heterocycles. The van der Waals surface area contributed by atoms with Crippen LogP contribution in [0.4, 0.5) is 0 Å². The molecule has 0 aliphatic rings. The molecular weight excluding hydrogens is 220 g/mol. The normalized spacial score (nSPS) is 11.2. The van der Waals surface area contributed by atoms with E-state index in [1.54, 1.807) is 0 Å².